The minimum absolute atomic E-state index is 0.0645. The Morgan fingerprint density at radius 1 is 1.38 bits per heavy atom. The molecule has 0 saturated heterocycles. The van der Waals surface area contributed by atoms with Gasteiger partial charge in [-0.05, 0) is 26.1 Å². The third-order valence-electron chi connectivity index (χ3n) is 2.53. The van der Waals surface area contributed by atoms with Crippen molar-refractivity contribution in [1.82, 2.24) is 20.3 Å². The smallest absolute Gasteiger partial charge is 0.148 e. The highest BCUT2D eigenvalue weighted by Gasteiger charge is 2.14. The van der Waals surface area contributed by atoms with Gasteiger partial charge < -0.3 is 5.32 Å². The first-order valence-electron chi connectivity index (χ1n) is 5.07. The van der Waals surface area contributed by atoms with E-state index in [1.165, 1.54) is 10.7 Å². The van der Waals surface area contributed by atoms with E-state index in [1.807, 2.05) is 14.0 Å². The van der Waals surface area contributed by atoms with E-state index in [-0.39, 0.29) is 11.9 Å². The van der Waals surface area contributed by atoms with Crippen molar-refractivity contribution < 1.29 is 4.39 Å². The van der Waals surface area contributed by atoms with Gasteiger partial charge in [0.05, 0.1) is 11.9 Å². The summed E-state index contributed by atoms with van der Waals surface area (Å²) in [5, 5.41) is 10.8. The normalized spacial score (nSPS) is 12.7. The number of hydrogen-bond acceptors (Lipinski definition) is 3. The second-order valence-corrected chi connectivity index (χ2v) is 3.53. The van der Waals surface area contributed by atoms with Crippen LogP contribution in [0.5, 0.6) is 0 Å². The van der Waals surface area contributed by atoms with Gasteiger partial charge in [-0.3, -0.25) is 0 Å². The fraction of sp³-hybridized carbons (Fsp3) is 0.273. The van der Waals surface area contributed by atoms with E-state index in [9.17, 15) is 4.39 Å². The van der Waals surface area contributed by atoms with Crippen molar-refractivity contribution in [3.63, 3.8) is 0 Å². The molecule has 2 aromatic rings. The molecule has 4 nitrogen and oxygen atoms in total. The molecule has 1 N–H and O–H groups in total. The van der Waals surface area contributed by atoms with Crippen LogP contribution in [0.1, 0.15) is 18.7 Å². The van der Waals surface area contributed by atoms with Gasteiger partial charge >= 0.3 is 0 Å². The molecule has 5 heteroatoms. The van der Waals surface area contributed by atoms with Crippen molar-refractivity contribution in [1.29, 1.82) is 0 Å². The molecule has 0 radical (unpaired) electrons. The van der Waals surface area contributed by atoms with E-state index in [0.29, 0.717) is 5.69 Å². The summed E-state index contributed by atoms with van der Waals surface area (Å²) < 4.78 is 15.1. The lowest BCUT2D eigenvalue weighted by Crippen LogP contribution is -2.17. The van der Waals surface area contributed by atoms with E-state index in [0.717, 1.165) is 5.69 Å². The van der Waals surface area contributed by atoms with Crippen LogP contribution in [-0.4, -0.2) is 22.0 Å². The zero-order chi connectivity index (χ0) is 11.5. The van der Waals surface area contributed by atoms with Gasteiger partial charge in [-0.25, -0.2) is 9.07 Å². The van der Waals surface area contributed by atoms with E-state index >= 15 is 0 Å². The van der Waals surface area contributed by atoms with Gasteiger partial charge in [0.25, 0.3) is 0 Å². The van der Waals surface area contributed by atoms with Gasteiger partial charge in [0.1, 0.15) is 11.5 Å². The van der Waals surface area contributed by atoms with Crippen molar-refractivity contribution in [2.45, 2.75) is 13.0 Å². The summed E-state index contributed by atoms with van der Waals surface area (Å²) in [7, 11) is 1.84. The second kappa shape index (κ2) is 4.40. The summed E-state index contributed by atoms with van der Waals surface area (Å²) in [5.41, 5.74) is 1.24. The molecule has 84 valence electrons. The Morgan fingerprint density at radius 3 is 2.81 bits per heavy atom. The SMILES string of the molecule is CNC(C)c1cnnn1-c1ccccc1F. The van der Waals surface area contributed by atoms with E-state index in [1.54, 1.807) is 24.4 Å². The number of aromatic nitrogens is 3. The fourth-order valence-corrected chi connectivity index (χ4v) is 1.50. The van der Waals surface area contributed by atoms with Crippen molar-refractivity contribution in [3.8, 4) is 5.69 Å². The molecule has 1 atom stereocenters. The van der Waals surface area contributed by atoms with Gasteiger partial charge in [0.2, 0.25) is 0 Å². The van der Waals surface area contributed by atoms with Crippen molar-refractivity contribution in [2.24, 2.45) is 0 Å². The van der Waals surface area contributed by atoms with Crippen LogP contribution in [-0.2, 0) is 0 Å². The average Bonchev–Trinajstić information content (AvgIpc) is 2.77. The monoisotopic (exact) mass is 220 g/mol. The lowest BCUT2D eigenvalue weighted by atomic mass is 10.2. The summed E-state index contributed by atoms with van der Waals surface area (Å²) in [4.78, 5) is 0. The molecule has 0 fully saturated rings. The van der Waals surface area contributed by atoms with Gasteiger partial charge in [-0.2, -0.15) is 0 Å². The quantitative estimate of drug-likeness (QED) is 0.855. The largest absolute Gasteiger partial charge is 0.312 e. The van der Waals surface area contributed by atoms with Gasteiger partial charge in [0.15, 0.2) is 0 Å². The molecule has 1 aromatic heterocycles. The van der Waals surface area contributed by atoms with E-state index in [4.69, 9.17) is 0 Å². The highest BCUT2D eigenvalue weighted by Crippen LogP contribution is 2.17. The molecule has 0 amide bonds. The molecule has 0 aliphatic heterocycles. The van der Waals surface area contributed by atoms with Crippen LogP contribution in [0, 0.1) is 5.82 Å². The Bertz CT molecular complexity index is 480. The average molecular weight is 220 g/mol. The summed E-state index contributed by atoms with van der Waals surface area (Å²) in [6, 6.07) is 6.57. The summed E-state index contributed by atoms with van der Waals surface area (Å²) in [5.74, 6) is -0.308. The molecule has 1 unspecified atom stereocenters. The van der Waals surface area contributed by atoms with Crippen molar-refractivity contribution >= 4 is 0 Å². The van der Waals surface area contributed by atoms with Crippen molar-refractivity contribution in [2.75, 3.05) is 7.05 Å². The Hall–Kier alpha value is -1.75. The zero-order valence-electron chi connectivity index (χ0n) is 9.18. The topological polar surface area (TPSA) is 42.7 Å². The zero-order valence-corrected chi connectivity index (χ0v) is 9.18. The molecule has 16 heavy (non-hydrogen) atoms. The Labute approximate surface area is 93.1 Å². The molecule has 0 aliphatic carbocycles. The van der Waals surface area contributed by atoms with Crippen LogP contribution in [0.2, 0.25) is 0 Å². The van der Waals surface area contributed by atoms with E-state index < -0.39 is 0 Å². The lowest BCUT2D eigenvalue weighted by Gasteiger charge is -2.12. The number of rotatable bonds is 3. The Balaban J connectivity index is 2.49. The highest BCUT2D eigenvalue weighted by atomic mass is 19.1. The molecular formula is C11H13FN4. The van der Waals surface area contributed by atoms with Crippen LogP contribution < -0.4 is 5.32 Å². The first kappa shape index (κ1) is 10.8. The minimum atomic E-state index is -0.308. The summed E-state index contributed by atoms with van der Waals surface area (Å²) >= 11 is 0. The number of halogens is 1. The summed E-state index contributed by atoms with van der Waals surface area (Å²) in [6.07, 6.45) is 1.63. The van der Waals surface area contributed by atoms with E-state index in [2.05, 4.69) is 15.6 Å². The van der Waals surface area contributed by atoms with Gasteiger partial charge in [-0.15, -0.1) is 5.10 Å². The lowest BCUT2D eigenvalue weighted by molar-refractivity contribution is 0.573. The number of benzene rings is 1. The maximum atomic E-state index is 13.6. The summed E-state index contributed by atoms with van der Waals surface area (Å²) in [6.45, 7) is 1.97. The third kappa shape index (κ3) is 1.81. The molecule has 1 heterocycles. The van der Waals surface area contributed by atoms with Crippen LogP contribution in [0.4, 0.5) is 4.39 Å². The maximum absolute atomic E-state index is 13.6. The Kier molecular flexibility index (Phi) is 2.96. The molecule has 1 aromatic carbocycles. The van der Waals surface area contributed by atoms with Crippen molar-refractivity contribution in [3.05, 3.63) is 42.0 Å². The molecule has 0 spiro atoms. The molecule has 0 aliphatic rings. The third-order valence-corrected chi connectivity index (χ3v) is 2.53. The van der Waals surface area contributed by atoms with Crippen LogP contribution in [0.15, 0.2) is 30.5 Å². The molecule has 0 saturated carbocycles. The van der Waals surface area contributed by atoms with Gasteiger partial charge in [0, 0.05) is 6.04 Å². The van der Waals surface area contributed by atoms with Gasteiger partial charge in [-0.1, -0.05) is 17.3 Å². The predicted octanol–water partition coefficient (Wildman–Crippen LogP) is 1.69. The number of hydrogen-bond donors (Lipinski definition) is 1. The standard InChI is InChI=1S/C11H13FN4/c1-8(13-2)11-7-14-15-16(11)10-6-4-3-5-9(10)12/h3-8,13H,1-2H3. The number of nitrogens with zero attached hydrogens (tertiary/aromatic N) is 3. The predicted molar refractivity (Wildman–Crippen MR) is 58.8 cm³/mol. The number of nitrogens with one attached hydrogen (secondary N) is 1. The van der Waals surface area contributed by atoms with Crippen LogP contribution >= 0.6 is 0 Å². The minimum Gasteiger partial charge on any atom is -0.312 e. The fourth-order valence-electron chi connectivity index (χ4n) is 1.50. The molecule has 0 bridgehead atoms. The Morgan fingerprint density at radius 2 is 2.12 bits per heavy atom. The first-order chi connectivity index (χ1) is 7.74. The molecular weight excluding hydrogens is 207 g/mol. The van der Waals surface area contributed by atoms with Crippen LogP contribution in [0.3, 0.4) is 0 Å². The van der Waals surface area contributed by atoms with Crippen LogP contribution in [0.25, 0.3) is 5.69 Å². The maximum Gasteiger partial charge on any atom is 0.148 e. The second-order valence-electron chi connectivity index (χ2n) is 3.53. The highest BCUT2D eigenvalue weighted by molar-refractivity contribution is 5.34. The molecule has 2 rings (SSSR count). The number of para-hydroxylation sites is 1. The first-order valence-corrected chi connectivity index (χ1v) is 5.07.